The van der Waals surface area contributed by atoms with Crippen LogP contribution in [-0.4, -0.2) is 54.4 Å². The molecule has 2 unspecified atom stereocenters. The van der Waals surface area contributed by atoms with Gasteiger partial charge in [0.2, 0.25) is 0 Å². The fraction of sp³-hybridized carbons (Fsp3) is 0.192. The molecule has 3 aromatic rings. The molecule has 0 N–H and O–H groups in total. The van der Waals surface area contributed by atoms with E-state index in [-0.39, 0.29) is 17.9 Å². The van der Waals surface area contributed by atoms with E-state index in [4.69, 9.17) is 4.74 Å². The summed E-state index contributed by atoms with van der Waals surface area (Å²) in [5.41, 5.74) is 2.93. The van der Waals surface area contributed by atoms with Gasteiger partial charge >= 0.3 is 0 Å². The van der Waals surface area contributed by atoms with Gasteiger partial charge in [0, 0.05) is 0 Å². The summed E-state index contributed by atoms with van der Waals surface area (Å²) in [6.45, 7) is 0. The van der Waals surface area contributed by atoms with E-state index in [2.05, 4.69) is 4.90 Å². The van der Waals surface area contributed by atoms with Crippen molar-refractivity contribution in [2.45, 2.75) is 12.1 Å². The number of hydrogen-bond donors (Lipinski definition) is 0. The minimum Gasteiger partial charge on any atom is -0.497 e. The van der Waals surface area contributed by atoms with E-state index in [0.717, 1.165) is 22.8 Å². The van der Waals surface area contributed by atoms with Crippen molar-refractivity contribution in [3.63, 3.8) is 0 Å². The van der Waals surface area contributed by atoms with Crippen LogP contribution in [0.25, 0.3) is 0 Å². The largest absolute Gasteiger partial charge is 0.497 e. The van der Waals surface area contributed by atoms with Crippen molar-refractivity contribution < 1.29 is 18.9 Å². The molecule has 6 nitrogen and oxygen atoms in total. The third kappa shape index (κ3) is 2.91. The van der Waals surface area contributed by atoms with Crippen LogP contribution >= 0.6 is 0 Å². The van der Waals surface area contributed by atoms with Gasteiger partial charge < -0.3 is 4.74 Å². The van der Waals surface area contributed by atoms with Crippen molar-refractivity contribution in [3.05, 3.63) is 95.6 Å². The van der Waals surface area contributed by atoms with E-state index >= 15 is 0 Å². The number of hydrogen-bond acceptors (Lipinski definition) is 3. The number of fused-ring (bicyclic) bond motifs is 1. The highest BCUT2D eigenvalue weighted by Crippen LogP contribution is 2.44. The summed E-state index contributed by atoms with van der Waals surface area (Å²) in [5.74, 6) is 1.17. The van der Waals surface area contributed by atoms with E-state index in [9.17, 15) is 9.59 Å². The summed E-state index contributed by atoms with van der Waals surface area (Å²) in [7, 11) is 5.53. The summed E-state index contributed by atoms with van der Waals surface area (Å²) in [4.78, 5) is 30.3. The summed E-state index contributed by atoms with van der Waals surface area (Å²) in [6.07, 6.45) is 0. The highest BCUT2D eigenvalue weighted by molar-refractivity contribution is 6.24. The lowest BCUT2D eigenvalue weighted by Gasteiger charge is -2.46. The van der Waals surface area contributed by atoms with Crippen LogP contribution in [0, 0.1) is 0 Å². The van der Waals surface area contributed by atoms with Crippen molar-refractivity contribution in [1.82, 2.24) is 4.90 Å². The first kappa shape index (κ1) is 20.0. The number of benzene rings is 3. The maximum absolute atomic E-state index is 13.4. The first-order chi connectivity index (χ1) is 15.5. The number of imide groups is 1. The number of anilines is 1. The molecule has 0 aliphatic carbocycles. The molecule has 32 heavy (non-hydrogen) atoms. The Balaban J connectivity index is 1.64. The molecule has 2 heterocycles. The summed E-state index contributed by atoms with van der Waals surface area (Å²) in [5, 5.41) is 0. The Labute approximate surface area is 187 Å². The van der Waals surface area contributed by atoms with Crippen LogP contribution in [-0.2, 0) is 0 Å². The summed E-state index contributed by atoms with van der Waals surface area (Å²) in [6, 6.07) is 24.3. The third-order valence-corrected chi connectivity index (χ3v) is 6.14. The van der Waals surface area contributed by atoms with Gasteiger partial charge in [0.15, 0.2) is 12.1 Å². The zero-order chi connectivity index (χ0) is 22.4. The minimum atomic E-state index is -0.415. The molecule has 2 aliphatic heterocycles. The lowest BCUT2D eigenvalue weighted by Crippen LogP contribution is -2.69. The molecule has 1 saturated heterocycles. The smallest absolute Gasteiger partial charge is 0.280 e. The number of amidine groups is 1. The van der Waals surface area contributed by atoms with Crippen molar-refractivity contribution >= 4 is 23.3 Å². The van der Waals surface area contributed by atoms with E-state index in [1.165, 1.54) is 4.90 Å². The fourth-order valence-electron chi connectivity index (χ4n) is 4.70. The standard InChI is InChI=1S/C26H24N3O3/c1-27(2)24-23(29-25(30)20-11-7-8-12-21(20)26(29)31)22(17-9-5-4-6-10-17)28(24)18-13-15-19(32-3)16-14-18/h4-16,22-23H,1-3H3/q+1. The number of carbonyl (C=O) groups is 2. The summed E-state index contributed by atoms with van der Waals surface area (Å²) < 4.78 is 7.30. The zero-order valence-electron chi connectivity index (χ0n) is 18.2. The monoisotopic (exact) mass is 426 g/mol. The molecular formula is C26H24N3O3+. The van der Waals surface area contributed by atoms with Gasteiger partial charge in [0.1, 0.15) is 11.4 Å². The second-order valence-corrected chi connectivity index (χ2v) is 8.15. The van der Waals surface area contributed by atoms with Crippen LogP contribution in [0.1, 0.15) is 32.3 Å². The van der Waals surface area contributed by atoms with Gasteiger partial charge in [0.25, 0.3) is 17.6 Å². The van der Waals surface area contributed by atoms with Crippen molar-refractivity contribution in [1.29, 1.82) is 0 Å². The van der Waals surface area contributed by atoms with E-state index in [1.807, 2.05) is 73.3 Å². The number of nitrogens with zero attached hydrogens (tertiary/aromatic N) is 3. The predicted molar refractivity (Wildman–Crippen MR) is 123 cm³/mol. The minimum absolute atomic E-state index is 0.204. The van der Waals surface area contributed by atoms with Crippen LogP contribution < -0.4 is 9.64 Å². The molecule has 3 aromatic carbocycles. The van der Waals surface area contributed by atoms with E-state index < -0.39 is 6.04 Å². The average Bonchev–Trinajstić information content (AvgIpc) is 3.05. The Kier molecular flexibility index (Phi) is 4.78. The molecule has 0 saturated carbocycles. The molecule has 0 aromatic heterocycles. The number of ether oxygens (including phenoxy) is 1. The topological polar surface area (TPSA) is 52.9 Å². The predicted octanol–water partition coefficient (Wildman–Crippen LogP) is 3.59. The van der Waals surface area contributed by atoms with Crippen LogP contribution in [0.5, 0.6) is 5.75 Å². The Morgan fingerprint density at radius 3 is 1.81 bits per heavy atom. The van der Waals surface area contributed by atoms with Crippen LogP contribution in [0.3, 0.4) is 0 Å². The van der Waals surface area contributed by atoms with Crippen LogP contribution in [0.15, 0.2) is 78.9 Å². The molecular weight excluding hydrogens is 402 g/mol. The Morgan fingerprint density at radius 1 is 0.719 bits per heavy atom. The first-order valence-electron chi connectivity index (χ1n) is 10.5. The summed E-state index contributed by atoms with van der Waals surface area (Å²) >= 11 is 0. The molecule has 5 rings (SSSR count). The second-order valence-electron chi connectivity index (χ2n) is 8.15. The molecule has 2 atom stereocenters. The third-order valence-electron chi connectivity index (χ3n) is 6.14. The number of carbonyl (C=O) groups excluding carboxylic acids is 2. The Bertz CT molecular complexity index is 1200. The molecule has 2 aliphatic rings. The highest BCUT2D eigenvalue weighted by Gasteiger charge is 2.61. The van der Waals surface area contributed by atoms with Gasteiger partial charge in [-0.2, -0.15) is 0 Å². The van der Waals surface area contributed by atoms with Crippen LogP contribution in [0.4, 0.5) is 5.69 Å². The molecule has 2 amide bonds. The van der Waals surface area contributed by atoms with Gasteiger partial charge in [-0.25, -0.2) is 4.90 Å². The quantitative estimate of drug-likeness (QED) is 0.473. The number of methoxy groups -OCH3 is 1. The zero-order valence-corrected chi connectivity index (χ0v) is 18.2. The van der Waals surface area contributed by atoms with Crippen molar-refractivity contribution in [2.24, 2.45) is 0 Å². The first-order valence-corrected chi connectivity index (χ1v) is 10.5. The van der Waals surface area contributed by atoms with Crippen molar-refractivity contribution in [2.75, 3.05) is 26.1 Å². The average molecular weight is 426 g/mol. The normalized spacial score (nSPS) is 19.7. The molecule has 0 radical (unpaired) electrons. The van der Waals surface area contributed by atoms with Gasteiger partial charge in [-0.05, 0) is 42.0 Å². The van der Waals surface area contributed by atoms with Crippen molar-refractivity contribution in [3.8, 4) is 5.75 Å². The molecule has 160 valence electrons. The lowest BCUT2D eigenvalue weighted by molar-refractivity contribution is -0.470. The molecule has 6 heteroatoms. The second kappa shape index (κ2) is 7.64. The van der Waals surface area contributed by atoms with Gasteiger partial charge in [-0.3, -0.25) is 19.1 Å². The van der Waals surface area contributed by atoms with E-state index in [1.54, 1.807) is 31.4 Å². The van der Waals surface area contributed by atoms with E-state index in [0.29, 0.717) is 11.1 Å². The van der Waals surface area contributed by atoms with Gasteiger partial charge in [-0.1, -0.05) is 42.5 Å². The number of rotatable bonds is 4. The maximum Gasteiger partial charge on any atom is 0.280 e. The van der Waals surface area contributed by atoms with Gasteiger partial charge in [-0.15, -0.1) is 0 Å². The fourth-order valence-corrected chi connectivity index (χ4v) is 4.70. The molecule has 0 bridgehead atoms. The molecule has 0 spiro atoms. The van der Waals surface area contributed by atoms with Crippen LogP contribution in [0.2, 0.25) is 0 Å². The number of amides is 2. The molecule has 1 fully saturated rings. The SMILES string of the molecule is COc1ccc(N2C(=[N+](C)C)C(N3C(=O)c4ccccc4C3=O)C2c2ccccc2)cc1. The Morgan fingerprint density at radius 2 is 1.28 bits per heavy atom. The van der Waals surface area contributed by atoms with Gasteiger partial charge in [0.05, 0.1) is 32.3 Å². The highest BCUT2D eigenvalue weighted by atomic mass is 16.5. The lowest BCUT2D eigenvalue weighted by atomic mass is 9.85. The maximum atomic E-state index is 13.4. The Hall–Kier alpha value is -3.93.